The van der Waals surface area contributed by atoms with Crippen LogP contribution in [0.2, 0.25) is 0 Å². The zero-order valence-corrected chi connectivity index (χ0v) is 14.4. The zero-order valence-electron chi connectivity index (χ0n) is 14.4. The Morgan fingerprint density at radius 2 is 1.44 bits per heavy atom. The van der Waals surface area contributed by atoms with Crippen molar-refractivity contribution in [3.8, 4) is 5.75 Å². The van der Waals surface area contributed by atoms with Gasteiger partial charge in [-0.05, 0) is 17.2 Å². The van der Waals surface area contributed by atoms with Crippen LogP contribution in [-0.2, 0) is 18.0 Å². The van der Waals surface area contributed by atoms with Crippen molar-refractivity contribution in [2.24, 2.45) is 0 Å². The largest absolute Gasteiger partial charge is 0.482 e. The fraction of sp³-hybridized carbons (Fsp3) is 0.0952. The molecule has 0 aliphatic rings. The predicted octanol–water partition coefficient (Wildman–Crippen LogP) is 4.53. The van der Waals surface area contributed by atoms with Gasteiger partial charge in [0.15, 0.2) is 5.75 Å². The first kappa shape index (κ1) is 18.1. The standard InChI is InChI=1S/C21H17NO5/c23-21(27-15-17-9-5-2-6-10-17)18-11-12-19(22(24)25)20(13-18)26-14-16-7-3-1-4-8-16/h1-13H,14-15H2. The molecule has 0 aliphatic heterocycles. The van der Waals surface area contributed by atoms with E-state index in [-0.39, 0.29) is 30.2 Å². The van der Waals surface area contributed by atoms with Crippen molar-refractivity contribution >= 4 is 11.7 Å². The van der Waals surface area contributed by atoms with Crippen LogP contribution in [0.15, 0.2) is 78.9 Å². The highest BCUT2D eigenvalue weighted by Crippen LogP contribution is 2.29. The number of nitro groups is 1. The number of ether oxygens (including phenoxy) is 2. The molecule has 0 saturated heterocycles. The molecular formula is C21H17NO5. The van der Waals surface area contributed by atoms with Crippen LogP contribution in [-0.4, -0.2) is 10.9 Å². The quantitative estimate of drug-likeness (QED) is 0.350. The summed E-state index contributed by atoms with van der Waals surface area (Å²) in [6.45, 7) is 0.279. The molecule has 0 bridgehead atoms. The number of esters is 1. The molecule has 3 aromatic carbocycles. The Morgan fingerprint density at radius 3 is 2.04 bits per heavy atom. The van der Waals surface area contributed by atoms with Crippen LogP contribution >= 0.6 is 0 Å². The van der Waals surface area contributed by atoms with E-state index in [1.807, 2.05) is 60.7 Å². The van der Waals surface area contributed by atoms with Crippen molar-refractivity contribution in [2.75, 3.05) is 0 Å². The van der Waals surface area contributed by atoms with Gasteiger partial charge >= 0.3 is 11.7 Å². The van der Waals surface area contributed by atoms with Gasteiger partial charge in [0, 0.05) is 12.1 Å². The van der Waals surface area contributed by atoms with Gasteiger partial charge in [-0.15, -0.1) is 0 Å². The number of carbonyl (C=O) groups excluding carboxylic acids is 1. The molecule has 3 aromatic rings. The van der Waals surface area contributed by atoms with E-state index in [0.717, 1.165) is 11.1 Å². The first-order valence-electron chi connectivity index (χ1n) is 8.29. The van der Waals surface area contributed by atoms with E-state index in [0.29, 0.717) is 0 Å². The van der Waals surface area contributed by atoms with Gasteiger partial charge in [-0.25, -0.2) is 4.79 Å². The summed E-state index contributed by atoms with van der Waals surface area (Å²) < 4.78 is 10.9. The van der Waals surface area contributed by atoms with Gasteiger partial charge in [0.05, 0.1) is 10.5 Å². The van der Waals surface area contributed by atoms with Crippen molar-refractivity contribution in [3.63, 3.8) is 0 Å². The van der Waals surface area contributed by atoms with Crippen LogP contribution in [0.3, 0.4) is 0 Å². The normalized spacial score (nSPS) is 10.2. The Balaban J connectivity index is 1.73. The first-order chi connectivity index (χ1) is 13.1. The molecule has 3 rings (SSSR count). The highest BCUT2D eigenvalue weighted by Gasteiger charge is 2.19. The van der Waals surface area contributed by atoms with Crippen LogP contribution < -0.4 is 4.74 Å². The van der Waals surface area contributed by atoms with Crippen molar-refractivity contribution in [1.82, 2.24) is 0 Å². The van der Waals surface area contributed by atoms with E-state index in [1.165, 1.54) is 18.2 Å². The molecule has 6 heteroatoms. The van der Waals surface area contributed by atoms with Gasteiger partial charge < -0.3 is 9.47 Å². The number of benzene rings is 3. The molecule has 0 atom stereocenters. The highest BCUT2D eigenvalue weighted by molar-refractivity contribution is 5.90. The lowest BCUT2D eigenvalue weighted by Gasteiger charge is -2.09. The number of nitrogens with zero attached hydrogens (tertiary/aromatic N) is 1. The maximum absolute atomic E-state index is 12.3. The molecule has 27 heavy (non-hydrogen) atoms. The van der Waals surface area contributed by atoms with Crippen LogP contribution in [0.1, 0.15) is 21.5 Å². The van der Waals surface area contributed by atoms with E-state index >= 15 is 0 Å². The number of hydrogen-bond acceptors (Lipinski definition) is 5. The predicted molar refractivity (Wildman–Crippen MR) is 99.4 cm³/mol. The smallest absolute Gasteiger partial charge is 0.338 e. The van der Waals surface area contributed by atoms with Gasteiger partial charge in [-0.3, -0.25) is 10.1 Å². The van der Waals surface area contributed by atoms with Gasteiger partial charge in [-0.2, -0.15) is 0 Å². The van der Waals surface area contributed by atoms with E-state index in [1.54, 1.807) is 0 Å². The maximum Gasteiger partial charge on any atom is 0.338 e. The molecule has 136 valence electrons. The average molecular weight is 363 g/mol. The lowest BCUT2D eigenvalue weighted by molar-refractivity contribution is -0.385. The molecule has 0 spiro atoms. The van der Waals surface area contributed by atoms with E-state index < -0.39 is 10.9 Å². The minimum absolute atomic E-state index is 0.0259. The van der Waals surface area contributed by atoms with Crippen molar-refractivity contribution in [3.05, 3.63) is 106 Å². The lowest BCUT2D eigenvalue weighted by Crippen LogP contribution is -2.07. The van der Waals surface area contributed by atoms with E-state index in [2.05, 4.69) is 0 Å². The Morgan fingerprint density at radius 1 is 0.852 bits per heavy atom. The molecule has 6 nitrogen and oxygen atoms in total. The Labute approximate surface area is 156 Å². The van der Waals surface area contributed by atoms with Crippen molar-refractivity contribution in [1.29, 1.82) is 0 Å². The van der Waals surface area contributed by atoms with Crippen LogP contribution in [0.25, 0.3) is 0 Å². The minimum Gasteiger partial charge on any atom is -0.482 e. The van der Waals surface area contributed by atoms with E-state index in [9.17, 15) is 14.9 Å². The second-order valence-electron chi connectivity index (χ2n) is 5.78. The second kappa shape index (κ2) is 8.62. The SMILES string of the molecule is O=C(OCc1ccccc1)c1ccc([N+](=O)[O-])c(OCc2ccccc2)c1. The molecule has 0 aliphatic carbocycles. The molecule has 0 N–H and O–H groups in total. The summed E-state index contributed by atoms with van der Waals surface area (Å²) >= 11 is 0. The van der Waals surface area contributed by atoms with Gasteiger partial charge in [0.1, 0.15) is 13.2 Å². The third kappa shape index (κ3) is 4.92. The molecule has 0 saturated carbocycles. The third-order valence-corrected chi connectivity index (χ3v) is 3.84. The molecule has 0 heterocycles. The molecule has 0 fully saturated rings. The van der Waals surface area contributed by atoms with Gasteiger partial charge in [-0.1, -0.05) is 60.7 Å². The molecule has 0 aromatic heterocycles. The fourth-order valence-electron chi connectivity index (χ4n) is 2.45. The topological polar surface area (TPSA) is 78.7 Å². The van der Waals surface area contributed by atoms with Crippen LogP contribution in [0, 0.1) is 10.1 Å². The summed E-state index contributed by atoms with van der Waals surface area (Å²) in [6, 6.07) is 22.5. The summed E-state index contributed by atoms with van der Waals surface area (Å²) in [6.07, 6.45) is 0. The Kier molecular flexibility index (Phi) is 5.79. The summed E-state index contributed by atoms with van der Waals surface area (Å²) in [4.78, 5) is 23.0. The fourth-order valence-corrected chi connectivity index (χ4v) is 2.45. The summed E-state index contributed by atoms with van der Waals surface area (Å²) in [5.74, 6) is -0.545. The molecule has 0 unspecified atom stereocenters. The van der Waals surface area contributed by atoms with Crippen LogP contribution in [0.4, 0.5) is 5.69 Å². The van der Waals surface area contributed by atoms with Crippen LogP contribution in [0.5, 0.6) is 5.75 Å². The number of carbonyl (C=O) groups is 1. The third-order valence-electron chi connectivity index (χ3n) is 3.84. The molecule has 0 amide bonds. The first-order valence-corrected chi connectivity index (χ1v) is 8.29. The zero-order chi connectivity index (χ0) is 19.1. The lowest BCUT2D eigenvalue weighted by atomic mass is 10.2. The number of nitro benzene ring substituents is 1. The van der Waals surface area contributed by atoms with Gasteiger partial charge in [0.25, 0.3) is 0 Å². The summed E-state index contributed by atoms with van der Waals surface area (Å²) in [5, 5.41) is 11.2. The Bertz CT molecular complexity index is 926. The number of rotatable bonds is 7. The second-order valence-corrected chi connectivity index (χ2v) is 5.78. The van der Waals surface area contributed by atoms with Crippen molar-refractivity contribution < 1.29 is 19.2 Å². The maximum atomic E-state index is 12.3. The number of hydrogen-bond donors (Lipinski definition) is 0. The minimum atomic E-state index is -0.571. The van der Waals surface area contributed by atoms with Crippen molar-refractivity contribution in [2.45, 2.75) is 13.2 Å². The summed E-state index contributed by atoms with van der Waals surface area (Å²) in [7, 11) is 0. The molecule has 0 radical (unpaired) electrons. The molecular weight excluding hydrogens is 346 g/mol. The monoisotopic (exact) mass is 363 g/mol. The summed E-state index contributed by atoms with van der Waals surface area (Å²) in [5.41, 5.74) is 1.71. The average Bonchev–Trinajstić information content (AvgIpc) is 2.71. The van der Waals surface area contributed by atoms with Gasteiger partial charge in [0.2, 0.25) is 0 Å². The highest BCUT2D eigenvalue weighted by atomic mass is 16.6. The Hall–Kier alpha value is -3.67. The van der Waals surface area contributed by atoms with E-state index in [4.69, 9.17) is 9.47 Å².